The van der Waals surface area contributed by atoms with Crippen molar-refractivity contribution in [2.45, 2.75) is 37.9 Å². The number of rotatable bonds is 5. The maximum atomic E-state index is 12.3. The number of hydrogen-bond donors (Lipinski definition) is 1. The van der Waals surface area contributed by atoms with Crippen LogP contribution in [0.1, 0.15) is 24.5 Å². The van der Waals surface area contributed by atoms with Gasteiger partial charge in [0.25, 0.3) is 0 Å². The van der Waals surface area contributed by atoms with Gasteiger partial charge in [0, 0.05) is 18.1 Å². The highest BCUT2D eigenvalue weighted by atomic mass is 32.2. The van der Waals surface area contributed by atoms with Crippen LogP contribution in [0.2, 0.25) is 0 Å². The molecule has 1 aliphatic rings. The first-order chi connectivity index (χ1) is 12.2. The number of carbonyl (C=O) groups is 1. The Balaban J connectivity index is 1.66. The summed E-state index contributed by atoms with van der Waals surface area (Å²) in [4.78, 5) is 16.6. The summed E-state index contributed by atoms with van der Waals surface area (Å²) in [6, 6.07) is 6.25. The molecule has 1 saturated heterocycles. The molecule has 0 aliphatic carbocycles. The maximum Gasteiger partial charge on any atom is 0.230 e. The molecule has 1 atom stereocenters. The number of hydrogen-bond acceptors (Lipinski definition) is 5. The van der Waals surface area contributed by atoms with Crippen molar-refractivity contribution in [2.75, 3.05) is 17.3 Å². The molecule has 140 valence electrons. The smallest absolute Gasteiger partial charge is 0.230 e. The van der Waals surface area contributed by atoms with Crippen LogP contribution in [0.5, 0.6) is 0 Å². The van der Waals surface area contributed by atoms with Gasteiger partial charge in [0.05, 0.1) is 22.8 Å². The quantitative estimate of drug-likeness (QED) is 0.788. The van der Waals surface area contributed by atoms with E-state index in [1.165, 1.54) is 11.8 Å². The maximum absolute atomic E-state index is 12.3. The Bertz CT molecular complexity index is 917. The highest BCUT2D eigenvalue weighted by molar-refractivity contribution is 7.99. The summed E-state index contributed by atoms with van der Waals surface area (Å²) in [5.41, 5.74) is 2.67. The van der Waals surface area contributed by atoms with Gasteiger partial charge in [-0.3, -0.25) is 9.36 Å². The van der Waals surface area contributed by atoms with E-state index in [2.05, 4.69) is 28.5 Å². The van der Waals surface area contributed by atoms with Crippen molar-refractivity contribution in [1.82, 2.24) is 14.9 Å². The summed E-state index contributed by atoms with van der Waals surface area (Å²) < 4.78 is 25.3. The Labute approximate surface area is 158 Å². The number of aromatic nitrogens is 2. The Hall–Kier alpha value is -1.80. The van der Waals surface area contributed by atoms with Gasteiger partial charge >= 0.3 is 0 Å². The molecule has 3 rings (SSSR count). The van der Waals surface area contributed by atoms with Crippen molar-refractivity contribution in [1.29, 1.82) is 0 Å². The minimum Gasteiger partial charge on any atom is -0.349 e. The molecule has 1 fully saturated rings. The van der Waals surface area contributed by atoms with E-state index < -0.39 is 15.4 Å². The molecule has 1 aromatic heterocycles. The molecule has 1 amide bonds. The van der Waals surface area contributed by atoms with Gasteiger partial charge in [-0.05, 0) is 50.5 Å². The largest absolute Gasteiger partial charge is 0.349 e. The summed E-state index contributed by atoms with van der Waals surface area (Å²) in [7, 11) is -3.05. The van der Waals surface area contributed by atoms with Crippen LogP contribution in [0.4, 0.5) is 0 Å². The predicted molar refractivity (Wildman–Crippen MR) is 104 cm³/mol. The minimum atomic E-state index is -3.05. The normalized spacial score (nSPS) is 21.7. The average Bonchev–Trinajstić information content (AvgIpc) is 3.08. The Morgan fingerprint density at radius 2 is 2.00 bits per heavy atom. The van der Waals surface area contributed by atoms with Crippen molar-refractivity contribution in [3.05, 3.63) is 41.7 Å². The number of nitrogens with zero attached hydrogens (tertiary/aromatic N) is 2. The number of carbonyl (C=O) groups excluding carboxylic acids is 1. The van der Waals surface area contributed by atoms with Gasteiger partial charge in [0.1, 0.15) is 0 Å². The summed E-state index contributed by atoms with van der Waals surface area (Å²) in [5, 5.41) is 3.61. The molecule has 1 aliphatic heterocycles. The van der Waals surface area contributed by atoms with Crippen molar-refractivity contribution in [2.24, 2.45) is 0 Å². The number of benzene rings is 1. The van der Waals surface area contributed by atoms with Gasteiger partial charge in [-0.2, -0.15) is 0 Å². The molecule has 1 N–H and O–H groups in total. The fourth-order valence-corrected chi connectivity index (χ4v) is 6.16. The lowest BCUT2D eigenvalue weighted by Gasteiger charge is -2.23. The predicted octanol–water partition coefficient (Wildman–Crippen LogP) is 2.27. The third-order valence-corrected chi connectivity index (χ3v) is 7.24. The lowest BCUT2D eigenvalue weighted by molar-refractivity contribution is -0.120. The van der Waals surface area contributed by atoms with E-state index in [0.717, 1.165) is 22.0 Å². The molecular formula is C18H23N3O3S2. The minimum absolute atomic E-state index is 0.00754. The van der Waals surface area contributed by atoms with E-state index in [1.807, 2.05) is 24.6 Å². The molecule has 0 spiro atoms. The molecule has 6 nitrogen and oxygen atoms in total. The number of thioether (sulfide) groups is 1. The first-order valence-corrected chi connectivity index (χ1v) is 11.2. The summed E-state index contributed by atoms with van der Waals surface area (Å²) in [5.74, 6) is 0.156. The Morgan fingerprint density at radius 1 is 1.31 bits per heavy atom. The van der Waals surface area contributed by atoms with Crippen LogP contribution >= 0.6 is 11.8 Å². The van der Waals surface area contributed by atoms with Crippen LogP contribution in [0, 0.1) is 13.8 Å². The lowest BCUT2D eigenvalue weighted by Crippen LogP contribution is -2.47. The average molecular weight is 394 g/mol. The lowest BCUT2D eigenvalue weighted by atomic mass is 10.0. The van der Waals surface area contributed by atoms with E-state index in [-0.39, 0.29) is 23.2 Å². The third kappa shape index (κ3) is 4.48. The zero-order chi connectivity index (χ0) is 18.9. The first kappa shape index (κ1) is 19.0. The van der Waals surface area contributed by atoms with Crippen LogP contribution in [-0.2, 0) is 14.6 Å². The molecule has 2 heterocycles. The van der Waals surface area contributed by atoms with E-state index in [1.54, 1.807) is 13.1 Å². The molecule has 26 heavy (non-hydrogen) atoms. The van der Waals surface area contributed by atoms with Crippen LogP contribution in [0.15, 0.2) is 35.7 Å². The second kappa shape index (κ2) is 7.08. The Kier molecular flexibility index (Phi) is 5.16. The van der Waals surface area contributed by atoms with Crippen molar-refractivity contribution in [3.63, 3.8) is 0 Å². The standard InChI is InChI=1S/C18H23N3O3S2/c1-13-8-14(2)10-15(9-13)21-6-5-19-17(21)25-11-16(22)20-18(3)4-7-26(23,24)12-18/h5-6,8-10H,4,7,11-12H2,1-3H3,(H,20,22). The molecule has 2 aromatic rings. The van der Waals surface area contributed by atoms with Crippen LogP contribution in [0.25, 0.3) is 5.69 Å². The Morgan fingerprint density at radius 3 is 2.62 bits per heavy atom. The van der Waals surface area contributed by atoms with E-state index >= 15 is 0 Å². The summed E-state index contributed by atoms with van der Waals surface area (Å²) in [6.45, 7) is 5.88. The molecule has 0 radical (unpaired) electrons. The van der Waals surface area contributed by atoms with Gasteiger partial charge < -0.3 is 5.32 Å². The molecular weight excluding hydrogens is 370 g/mol. The zero-order valence-corrected chi connectivity index (χ0v) is 16.8. The number of amides is 1. The van der Waals surface area contributed by atoms with Crippen LogP contribution in [-0.4, -0.2) is 46.7 Å². The van der Waals surface area contributed by atoms with Crippen LogP contribution < -0.4 is 5.32 Å². The topological polar surface area (TPSA) is 81.1 Å². The second-order valence-electron chi connectivity index (χ2n) is 7.17. The molecule has 0 saturated carbocycles. The second-order valence-corrected chi connectivity index (χ2v) is 10.3. The number of nitrogens with one attached hydrogen (secondary N) is 1. The van der Waals surface area contributed by atoms with Gasteiger partial charge in [-0.1, -0.05) is 17.8 Å². The molecule has 8 heteroatoms. The summed E-state index contributed by atoms with van der Waals surface area (Å²) in [6.07, 6.45) is 4.05. The molecule has 0 bridgehead atoms. The molecule has 1 unspecified atom stereocenters. The zero-order valence-electron chi connectivity index (χ0n) is 15.2. The van der Waals surface area contributed by atoms with E-state index in [9.17, 15) is 13.2 Å². The molecule has 1 aromatic carbocycles. The van der Waals surface area contributed by atoms with E-state index in [4.69, 9.17) is 0 Å². The summed E-state index contributed by atoms with van der Waals surface area (Å²) >= 11 is 1.34. The SMILES string of the molecule is Cc1cc(C)cc(-n2ccnc2SCC(=O)NC2(C)CCS(=O)(=O)C2)c1. The number of aryl methyl sites for hydroxylation is 2. The van der Waals surface area contributed by atoms with Gasteiger partial charge in [-0.15, -0.1) is 0 Å². The number of sulfone groups is 1. The van der Waals surface area contributed by atoms with Gasteiger partial charge in [0.2, 0.25) is 5.91 Å². The van der Waals surface area contributed by atoms with Crippen molar-refractivity contribution < 1.29 is 13.2 Å². The van der Waals surface area contributed by atoms with Crippen molar-refractivity contribution in [3.8, 4) is 5.69 Å². The van der Waals surface area contributed by atoms with Crippen LogP contribution in [0.3, 0.4) is 0 Å². The fourth-order valence-electron chi connectivity index (χ4n) is 3.29. The van der Waals surface area contributed by atoms with Gasteiger partial charge in [-0.25, -0.2) is 13.4 Å². The third-order valence-electron chi connectivity index (χ3n) is 4.37. The highest BCUT2D eigenvalue weighted by Gasteiger charge is 2.39. The van der Waals surface area contributed by atoms with E-state index in [0.29, 0.717) is 6.42 Å². The fraction of sp³-hybridized carbons (Fsp3) is 0.444. The highest BCUT2D eigenvalue weighted by Crippen LogP contribution is 2.25. The number of imidazole rings is 1. The van der Waals surface area contributed by atoms with Gasteiger partial charge in [0.15, 0.2) is 15.0 Å². The first-order valence-electron chi connectivity index (χ1n) is 8.42. The van der Waals surface area contributed by atoms with Crippen molar-refractivity contribution >= 4 is 27.5 Å². The monoisotopic (exact) mass is 393 g/mol.